The van der Waals surface area contributed by atoms with E-state index in [1.165, 1.54) is 18.7 Å². The number of anilines is 1. The Kier molecular flexibility index (Phi) is 3.77. The Hall–Kier alpha value is -1.99. The summed E-state index contributed by atoms with van der Waals surface area (Å²) in [7, 11) is -3.66. The highest BCUT2D eigenvalue weighted by atomic mass is 32.2. The van der Waals surface area contributed by atoms with Crippen LogP contribution in [0.3, 0.4) is 0 Å². The number of nitrogens with one attached hydrogen (secondary N) is 1. The molecule has 0 aliphatic carbocycles. The van der Waals surface area contributed by atoms with Crippen molar-refractivity contribution in [2.45, 2.75) is 18.4 Å². The molecule has 1 heterocycles. The maximum Gasteiger partial charge on any atom is 0.262 e. The lowest BCUT2D eigenvalue weighted by Crippen LogP contribution is -2.15. The van der Waals surface area contributed by atoms with E-state index < -0.39 is 10.0 Å². The van der Waals surface area contributed by atoms with Crippen LogP contribution in [-0.4, -0.2) is 18.4 Å². The van der Waals surface area contributed by atoms with Crippen molar-refractivity contribution in [3.63, 3.8) is 0 Å². The van der Waals surface area contributed by atoms with Gasteiger partial charge in [-0.15, -0.1) is 0 Å². The van der Waals surface area contributed by atoms with Gasteiger partial charge in [-0.2, -0.15) is 0 Å². The number of hydrogen-bond acceptors (Lipinski definition) is 5. The quantitative estimate of drug-likeness (QED) is 0.871. The third-order valence-corrected chi connectivity index (χ3v) is 4.11. The lowest BCUT2D eigenvalue weighted by Gasteiger charge is -2.11. The summed E-state index contributed by atoms with van der Waals surface area (Å²) < 4.78 is 27.0. The summed E-state index contributed by atoms with van der Waals surface area (Å²) in [5.74, 6) is 0. The number of rotatable bonds is 4. The van der Waals surface area contributed by atoms with Gasteiger partial charge >= 0.3 is 0 Å². The second kappa shape index (κ2) is 5.33. The van der Waals surface area contributed by atoms with Gasteiger partial charge in [0.1, 0.15) is 6.33 Å². The first kappa shape index (κ1) is 13.4. The zero-order valence-electron chi connectivity index (χ0n) is 10.4. The highest BCUT2D eigenvalue weighted by Gasteiger charge is 2.17. The van der Waals surface area contributed by atoms with Gasteiger partial charge in [0.05, 0.1) is 23.0 Å². The number of nitrogens with two attached hydrogens (primary N) is 1. The van der Waals surface area contributed by atoms with Gasteiger partial charge in [-0.1, -0.05) is 12.1 Å². The van der Waals surface area contributed by atoms with Gasteiger partial charge in [-0.05, 0) is 24.1 Å². The van der Waals surface area contributed by atoms with Crippen LogP contribution in [0.5, 0.6) is 0 Å². The highest BCUT2D eigenvalue weighted by molar-refractivity contribution is 7.92. The van der Waals surface area contributed by atoms with E-state index in [9.17, 15) is 8.42 Å². The molecule has 7 heteroatoms. The largest absolute Gasteiger partial charge is 0.326 e. The Balaban J connectivity index is 2.39. The molecule has 1 aromatic heterocycles. The Bertz CT molecular complexity index is 671. The van der Waals surface area contributed by atoms with Gasteiger partial charge in [0.2, 0.25) is 0 Å². The van der Waals surface area contributed by atoms with Crippen molar-refractivity contribution < 1.29 is 8.42 Å². The molecule has 100 valence electrons. The molecule has 0 atom stereocenters. The van der Waals surface area contributed by atoms with Gasteiger partial charge in [0.15, 0.2) is 0 Å². The van der Waals surface area contributed by atoms with Crippen molar-refractivity contribution in [1.82, 2.24) is 9.97 Å². The molecule has 0 spiro atoms. The number of hydrogen-bond donors (Lipinski definition) is 2. The first-order valence-electron chi connectivity index (χ1n) is 5.60. The number of benzene rings is 1. The van der Waals surface area contributed by atoms with Crippen LogP contribution in [0.1, 0.15) is 11.1 Å². The highest BCUT2D eigenvalue weighted by Crippen LogP contribution is 2.19. The average molecular weight is 278 g/mol. The second-order valence-corrected chi connectivity index (χ2v) is 5.69. The monoisotopic (exact) mass is 278 g/mol. The van der Waals surface area contributed by atoms with E-state index in [0.717, 1.165) is 5.56 Å². The minimum absolute atomic E-state index is 0.208. The molecule has 0 aliphatic rings. The molecule has 0 fully saturated rings. The third kappa shape index (κ3) is 3.07. The van der Waals surface area contributed by atoms with Gasteiger partial charge in [-0.25, -0.2) is 18.4 Å². The average Bonchev–Trinajstić information content (AvgIpc) is 2.39. The summed E-state index contributed by atoms with van der Waals surface area (Å²) in [6.07, 6.45) is 4.12. The number of sulfonamides is 1. The molecule has 2 aromatic rings. The normalized spacial score (nSPS) is 11.3. The van der Waals surface area contributed by atoms with E-state index in [0.29, 0.717) is 11.3 Å². The molecule has 6 nitrogen and oxygen atoms in total. The third-order valence-electron chi connectivity index (χ3n) is 2.59. The molecule has 0 saturated carbocycles. The van der Waals surface area contributed by atoms with Crippen molar-refractivity contribution in [3.8, 4) is 0 Å². The van der Waals surface area contributed by atoms with Gasteiger partial charge in [0, 0.05) is 6.54 Å². The van der Waals surface area contributed by atoms with Crippen LogP contribution in [0.15, 0.2) is 41.8 Å². The van der Waals surface area contributed by atoms with Gasteiger partial charge < -0.3 is 5.73 Å². The van der Waals surface area contributed by atoms with Crippen LogP contribution >= 0.6 is 0 Å². The van der Waals surface area contributed by atoms with Gasteiger partial charge in [-0.3, -0.25) is 4.72 Å². The van der Waals surface area contributed by atoms with Crippen LogP contribution < -0.4 is 10.5 Å². The predicted octanol–water partition coefficient (Wildman–Crippen LogP) is 1.04. The lowest BCUT2D eigenvalue weighted by atomic mass is 10.1. The maximum atomic E-state index is 12.3. The Morgan fingerprint density at radius 1 is 1.26 bits per heavy atom. The zero-order valence-corrected chi connectivity index (χ0v) is 11.2. The molecule has 3 N–H and O–H groups in total. The van der Waals surface area contributed by atoms with Crippen LogP contribution in [0, 0.1) is 6.92 Å². The van der Waals surface area contributed by atoms with Crippen molar-refractivity contribution in [2.75, 3.05) is 4.72 Å². The Morgan fingerprint density at radius 3 is 2.58 bits per heavy atom. The van der Waals surface area contributed by atoms with Crippen LogP contribution in [0.2, 0.25) is 0 Å². The fourth-order valence-corrected chi connectivity index (χ4v) is 2.95. The van der Waals surface area contributed by atoms with E-state index in [1.807, 2.05) is 0 Å². The minimum Gasteiger partial charge on any atom is -0.326 e. The van der Waals surface area contributed by atoms with Gasteiger partial charge in [0.25, 0.3) is 10.0 Å². The Morgan fingerprint density at radius 2 is 1.95 bits per heavy atom. The fraction of sp³-hybridized carbons (Fsp3) is 0.167. The van der Waals surface area contributed by atoms with Crippen LogP contribution in [0.25, 0.3) is 0 Å². The minimum atomic E-state index is -3.66. The Labute approximate surface area is 111 Å². The molecule has 0 unspecified atom stereocenters. The maximum absolute atomic E-state index is 12.3. The number of aromatic nitrogens is 2. The molecule has 0 aliphatic heterocycles. The zero-order chi connectivity index (χ0) is 13.9. The molecule has 0 amide bonds. The lowest BCUT2D eigenvalue weighted by molar-refractivity contribution is 0.600. The summed E-state index contributed by atoms with van der Waals surface area (Å²) in [5, 5.41) is 0. The summed E-state index contributed by atoms with van der Waals surface area (Å²) in [6.45, 7) is 2.02. The van der Waals surface area contributed by atoms with E-state index in [-0.39, 0.29) is 11.4 Å². The van der Waals surface area contributed by atoms with E-state index >= 15 is 0 Å². The molecular formula is C12H14N4O2S. The molecule has 0 bridgehead atoms. The number of aryl methyl sites for hydroxylation is 1. The standard InChI is InChI=1S/C12H14N4O2S/c1-9-2-3-10(5-13)4-12(9)19(17,18)16-11-6-14-8-15-7-11/h2-4,6-8,16H,5,13H2,1H3. The predicted molar refractivity (Wildman–Crippen MR) is 71.9 cm³/mol. The van der Waals surface area contributed by atoms with E-state index in [1.54, 1.807) is 25.1 Å². The van der Waals surface area contributed by atoms with E-state index in [4.69, 9.17) is 5.73 Å². The van der Waals surface area contributed by atoms with Crippen molar-refractivity contribution >= 4 is 15.7 Å². The van der Waals surface area contributed by atoms with E-state index in [2.05, 4.69) is 14.7 Å². The molecule has 1 aromatic carbocycles. The smallest absolute Gasteiger partial charge is 0.262 e. The van der Waals surface area contributed by atoms with Crippen molar-refractivity contribution in [2.24, 2.45) is 5.73 Å². The molecule has 19 heavy (non-hydrogen) atoms. The van der Waals surface area contributed by atoms with Crippen LogP contribution in [-0.2, 0) is 16.6 Å². The second-order valence-electron chi connectivity index (χ2n) is 4.04. The molecule has 0 radical (unpaired) electrons. The first-order valence-corrected chi connectivity index (χ1v) is 7.08. The fourth-order valence-electron chi connectivity index (χ4n) is 1.62. The molecule has 0 saturated heterocycles. The molecular weight excluding hydrogens is 264 g/mol. The summed E-state index contributed by atoms with van der Waals surface area (Å²) >= 11 is 0. The number of nitrogens with zero attached hydrogens (tertiary/aromatic N) is 2. The van der Waals surface area contributed by atoms with Crippen molar-refractivity contribution in [1.29, 1.82) is 0 Å². The topological polar surface area (TPSA) is 98.0 Å². The summed E-state index contributed by atoms with van der Waals surface area (Å²) in [6, 6.07) is 5.11. The summed E-state index contributed by atoms with van der Waals surface area (Å²) in [5.41, 5.74) is 7.26. The van der Waals surface area contributed by atoms with Crippen LogP contribution in [0.4, 0.5) is 5.69 Å². The molecule has 2 rings (SSSR count). The van der Waals surface area contributed by atoms with Crippen molar-refractivity contribution in [3.05, 3.63) is 48.0 Å². The first-order chi connectivity index (χ1) is 9.03. The summed E-state index contributed by atoms with van der Waals surface area (Å²) in [4.78, 5) is 7.73. The SMILES string of the molecule is Cc1ccc(CN)cc1S(=O)(=O)Nc1cncnc1.